The fraction of sp³-hybridized carbons (Fsp3) is 0.500. The average Bonchev–Trinajstić information content (AvgIpc) is 2.84. The Bertz CT molecular complexity index is 493. The second-order valence-electron chi connectivity index (χ2n) is 5.27. The van der Waals surface area contributed by atoms with Crippen LogP contribution in [0.1, 0.15) is 36.0 Å². The van der Waals surface area contributed by atoms with E-state index in [1.54, 1.807) is 0 Å². The third-order valence-electron chi connectivity index (χ3n) is 3.81. The minimum Gasteiger partial charge on any atom is -0.351 e. The summed E-state index contributed by atoms with van der Waals surface area (Å²) in [6.45, 7) is 0.437. The van der Waals surface area contributed by atoms with Crippen LogP contribution >= 0.6 is 31.9 Å². The van der Waals surface area contributed by atoms with Gasteiger partial charge < -0.3 is 5.32 Å². The molecule has 1 aromatic rings. The number of nitrogens with one attached hydrogen (secondary N) is 1. The third kappa shape index (κ3) is 3.39. The molecule has 2 nitrogen and oxygen atoms in total. The van der Waals surface area contributed by atoms with Gasteiger partial charge in [-0.25, -0.2) is 8.78 Å². The van der Waals surface area contributed by atoms with Gasteiger partial charge in [-0.15, -0.1) is 0 Å². The van der Waals surface area contributed by atoms with E-state index in [-0.39, 0.29) is 9.89 Å². The standard InChI is InChI=1S/C14H15Br2F2NO/c15-7-14(3-1-2-4-14)8-19-13(20)12-10(17)5-9(16)6-11(12)18/h5-6H,1-4,7-8H2,(H,19,20). The molecule has 6 heteroatoms. The molecular formula is C14H15Br2F2NO. The molecule has 110 valence electrons. The van der Waals surface area contributed by atoms with Gasteiger partial charge in [0.05, 0.1) is 0 Å². The normalized spacial score (nSPS) is 17.2. The maximum absolute atomic E-state index is 13.7. The van der Waals surface area contributed by atoms with Crippen LogP contribution < -0.4 is 5.32 Å². The maximum Gasteiger partial charge on any atom is 0.257 e. The summed E-state index contributed by atoms with van der Waals surface area (Å²) in [6, 6.07) is 2.18. The summed E-state index contributed by atoms with van der Waals surface area (Å²) in [5.41, 5.74) is -0.506. The Morgan fingerprint density at radius 3 is 2.30 bits per heavy atom. The van der Waals surface area contributed by atoms with E-state index in [2.05, 4.69) is 37.2 Å². The quantitative estimate of drug-likeness (QED) is 0.731. The number of rotatable bonds is 4. The monoisotopic (exact) mass is 409 g/mol. The fourth-order valence-electron chi connectivity index (χ4n) is 2.60. The smallest absolute Gasteiger partial charge is 0.257 e. The highest BCUT2D eigenvalue weighted by molar-refractivity contribution is 9.10. The Balaban J connectivity index is 2.09. The van der Waals surface area contributed by atoms with Crippen molar-refractivity contribution in [1.29, 1.82) is 0 Å². The lowest BCUT2D eigenvalue weighted by Crippen LogP contribution is -2.37. The molecule has 0 spiro atoms. The first kappa shape index (κ1) is 15.9. The third-order valence-corrected chi connectivity index (χ3v) is 5.45. The Kier molecular flexibility index (Phi) is 5.18. The molecule has 0 atom stereocenters. The number of hydrogen-bond acceptors (Lipinski definition) is 1. The molecule has 1 fully saturated rings. The van der Waals surface area contributed by atoms with Crippen molar-refractivity contribution in [2.45, 2.75) is 25.7 Å². The Morgan fingerprint density at radius 1 is 1.25 bits per heavy atom. The van der Waals surface area contributed by atoms with E-state index < -0.39 is 23.1 Å². The first-order chi connectivity index (χ1) is 9.47. The van der Waals surface area contributed by atoms with Gasteiger partial charge in [0.15, 0.2) is 0 Å². The first-order valence-electron chi connectivity index (χ1n) is 6.46. The highest BCUT2D eigenvalue weighted by Crippen LogP contribution is 2.39. The summed E-state index contributed by atoms with van der Waals surface area (Å²) in [7, 11) is 0. The van der Waals surface area contributed by atoms with Crippen molar-refractivity contribution in [2.75, 3.05) is 11.9 Å². The van der Waals surface area contributed by atoms with E-state index >= 15 is 0 Å². The molecule has 0 radical (unpaired) electrons. The summed E-state index contributed by atoms with van der Waals surface area (Å²) in [4.78, 5) is 12.0. The molecule has 0 unspecified atom stereocenters. The number of benzene rings is 1. The highest BCUT2D eigenvalue weighted by Gasteiger charge is 2.33. The summed E-state index contributed by atoms with van der Waals surface area (Å²) in [6.07, 6.45) is 4.29. The number of carbonyl (C=O) groups is 1. The zero-order chi connectivity index (χ0) is 14.8. The molecule has 0 bridgehead atoms. The zero-order valence-electron chi connectivity index (χ0n) is 10.8. The second-order valence-corrected chi connectivity index (χ2v) is 6.74. The van der Waals surface area contributed by atoms with E-state index in [1.165, 1.54) is 0 Å². The highest BCUT2D eigenvalue weighted by atomic mass is 79.9. The van der Waals surface area contributed by atoms with Crippen molar-refractivity contribution in [3.05, 3.63) is 33.8 Å². The van der Waals surface area contributed by atoms with E-state index in [0.717, 1.165) is 43.1 Å². The van der Waals surface area contributed by atoms with E-state index in [9.17, 15) is 13.6 Å². The molecule has 0 aliphatic heterocycles. The van der Waals surface area contributed by atoms with Gasteiger partial charge in [-0.05, 0) is 30.4 Å². The Labute approximate surface area is 133 Å². The van der Waals surface area contributed by atoms with Crippen molar-refractivity contribution in [3.8, 4) is 0 Å². The molecule has 2 rings (SSSR count). The van der Waals surface area contributed by atoms with Crippen molar-refractivity contribution in [3.63, 3.8) is 0 Å². The minimum atomic E-state index is -0.853. The number of amides is 1. The number of alkyl halides is 1. The molecular weight excluding hydrogens is 396 g/mol. The summed E-state index contributed by atoms with van der Waals surface area (Å²) in [5.74, 6) is -2.40. The lowest BCUT2D eigenvalue weighted by atomic mass is 9.89. The molecule has 1 saturated carbocycles. The van der Waals surface area contributed by atoms with Crippen molar-refractivity contribution < 1.29 is 13.6 Å². The van der Waals surface area contributed by atoms with E-state index in [1.807, 2.05) is 0 Å². The van der Waals surface area contributed by atoms with Crippen molar-refractivity contribution in [1.82, 2.24) is 5.32 Å². The van der Waals surface area contributed by atoms with Crippen LogP contribution in [0.4, 0.5) is 8.78 Å². The van der Waals surface area contributed by atoms with Gasteiger partial charge in [-0.1, -0.05) is 44.7 Å². The van der Waals surface area contributed by atoms with Crippen LogP contribution in [0.5, 0.6) is 0 Å². The lowest BCUT2D eigenvalue weighted by Gasteiger charge is -2.26. The van der Waals surface area contributed by atoms with Crippen LogP contribution in [0.15, 0.2) is 16.6 Å². The molecule has 1 aliphatic carbocycles. The van der Waals surface area contributed by atoms with E-state index in [4.69, 9.17) is 0 Å². The lowest BCUT2D eigenvalue weighted by molar-refractivity contribution is 0.0927. The molecule has 1 amide bonds. The van der Waals surface area contributed by atoms with Gasteiger partial charge >= 0.3 is 0 Å². The van der Waals surface area contributed by atoms with Gasteiger partial charge in [0.25, 0.3) is 5.91 Å². The summed E-state index contributed by atoms with van der Waals surface area (Å²) >= 11 is 6.46. The second kappa shape index (κ2) is 6.52. The summed E-state index contributed by atoms with van der Waals surface area (Å²) < 4.78 is 27.7. The fourth-order valence-corrected chi connectivity index (χ4v) is 3.76. The van der Waals surface area contributed by atoms with Crippen LogP contribution in [0.3, 0.4) is 0 Å². The predicted molar refractivity (Wildman–Crippen MR) is 81.1 cm³/mol. The van der Waals surface area contributed by atoms with Crippen LogP contribution in [0.2, 0.25) is 0 Å². The molecule has 0 heterocycles. The van der Waals surface area contributed by atoms with Crippen LogP contribution in [-0.2, 0) is 0 Å². The number of hydrogen-bond donors (Lipinski definition) is 1. The minimum absolute atomic E-state index is 0.0119. The Morgan fingerprint density at radius 2 is 1.80 bits per heavy atom. The van der Waals surface area contributed by atoms with E-state index in [0.29, 0.717) is 6.54 Å². The van der Waals surface area contributed by atoms with Gasteiger partial charge in [0.2, 0.25) is 0 Å². The number of halogens is 4. The molecule has 1 N–H and O–H groups in total. The number of carbonyl (C=O) groups excluding carboxylic acids is 1. The zero-order valence-corrected chi connectivity index (χ0v) is 14.0. The maximum atomic E-state index is 13.7. The van der Waals surface area contributed by atoms with Crippen LogP contribution in [-0.4, -0.2) is 17.8 Å². The van der Waals surface area contributed by atoms with Crippen molar-refractivity contribution in [2.24, 2.45) is 5.41 Å². The molecule has 0 saturated heterocycles. The van der Waals surface area contributed by atoms with Gasteiger partial charge in [0.1, 0.15) is 17.2 Å². The first-order valence-corrected chi connectivity index (χ1v) is 8.38. The molecule has 1 aromatic carbocycles. The van der Waals surface area contributed by atoms with Crippen molar-refractivity contribution >= 4 is 37.8 Å². The van der Waals surface area contributed by atoms with Gasteiger partial charge in [0, 0.05) is 16.3 Å². The molecule has 20 heavy (non-hydrogen) atoms. The Hall–Kier alpha value is -0.490. The van der Waals surface area contributed by atoms with Gasteiger partial charge in [-0.2, -0.15) is 0 Å². The molecule has 0 aromatic heterocycles. The largest absolute Gasteiger partial charge is 0.351 e. The van der Waals surface area contributed by atoms with Gasteiger partial charge in [-0.3, -0.25) is 4.79 Å². The SMILES string of the molecule is O=C(NCC1(CBr)CCCC1)c1c(F)cc(Br)cc1F. The summed E-state index contributed by atoms with van der Waals surface area (Å²) in [5, 5.41) is 3.45. The predicted octanol–water partition coefficient (Wildman–Crippen LogP) is 4.41. The average molecular weight is 411 g/mol. The van der Waals surface area contributed by atoms with Crippen LogP contribution in [0, 0.1) is 17.0 Å². The molecule has 1 aliphatic rings. The topological polar surface area (TPSA) is 29.1 Å². The van der Waals surface area contributed by atoms with Crippen LogP contribution in [0.25, 0.3) is 0 Å².